The van der Waals surface area contributed by atoms with Crippen molar-refractivity contribution in [3.63, 3.8) is 0 Å². The Hall–Kier alpha value is -1.45. The second-order valence-electron chi connectivity index (χ2n) is 4.48. The first-order chi connectivity index (χ1) is 8.58. The highest BCUT2D eigenvalue weighted by Gasteiger charge is 2.12. The van der Waals surface area contributed by atoms with E-state index in [-0.39, 0.29) is 0 Å². The van der Waals surface area contributed by atoms with Crippen molar-refractivity contribution < 1.29 is 8.76 Å². The van der Waals surface area contributed by atoms with Gasteiger partial charge in [-0.15, -0.1) is 0 Å². The number of aryl methyl sites for hydroxylation is 2. The summed E-state index contributed by atoms with van der Waals surface area (Å²) >= 11 is -1.93. The predicted molar refractivity (Wildman–Crippen MR) is 74.2 cm³/mol. The Morgan fingerprint density at radius 3 is 2.39 bits per heavy atom. The van der Waals surface area contributed by atoms with E-state index in [4.69, 9.17) is 0 Å². The van der Waals surface area contributed by atoms with Crippen LogP contribution in [-0.2, 0) is 17.5 Å². The summed E-state index contributed by atoms with van der Waals surface area (Å²) in [5.41, 5.74) is 4.07. The molecule has 0 aromatic heterocycles. The molecule has 2 rings (SSSR count). The van der Waals surface area contributed by atoms with Gasteiger partial charge in [0.15, 0.2) is 11.1 Å². The second kappa shape index (κ2) is 5.46. The zero-order chi connectivity index (χ0) is 13.1. The number of hydrogen-bond acceptors (Lipinski definition) is 1. The van der Waals surface area contributed by atoms with Crippen LogP contribution >= 0.6 is 0 Å². The Kier molecular flexibility index (Phi) is 3.94. The zero-order valence-corrected chi connectivity index (χ0v) is 11.3. The zero-order valence-electron chi connectivity index (χ0n) is 10.5. The van der Waals surface area contributed by atoms with Crippen molar-refractivity contribution in [2.45, 2.75) is 25.2 Å². The smallest absolute Gasteiger partial charge is 0.187 e. The van der Waals surface area contributed by atoms with Gasteiger partial charge in [-0.1, -0.05) is 48.0 Å². The number of benzene rings is 2. The average molecular weight is 260 g/mol. The fourth-order valence-electron chi connectivity index (χ4n) is 2.24. The van der Waals surface area contributed by atoms with Gasteiger partial charge < -0.3 is 4.55 Å². The van der Waals surface area contributed by atoms with Crippen LogP contribution in [0.4, 0.5) is 0 Å². The lowest BCUT2D eigenvalue weighted by atomic mass is 10.0. The fourth-order valence-corrected chi connectivity index (χ4v) is 2.93. The first kappa shape index (κ1) is 13.0. The van der Waals surface area contributed by atoms with E-state index in [1.807, 2.05) is 56.3 Å². The molecule has 2 aromatic rings. The minimum atomic E-state index is -1.93. The first-order valence-electron chi connectivity index (χ1n) is 5.83. The van der Waals surface area contributed by atoms with E-state index in [0.717, 1.165) is 22.3 Å². The molecular weight excluding hydrogens is 244 g/mol. The molecule has 1 unspecified atom stereocenters. The van der Waals surface area contributed by atoms with E-state index in [1.54, 1.807) is 0 Å². The molecule has 1 N–H and O–H groups in total. The summed E-state index contributed by atoms with van der Waals surface area (Å²) in [4.78, 5) is 0.546. The van der Waals surface area contributed by atoms with Crippen molar-refractivity contribution >= 4 is 11.1 Å². The largest absolute Gasteiger partial charge is 0.302 e. The highest BCUT2D eigenvalue weighted by molar-refractivity contribution is 7.79. The Morgan fingerprint density at radius 1 is 1.11 bits per heavy atom. The molecule has 1 atom stereocenters. The van der Waals surface area contributed by atoms with Gasteiger partial charge in [-0.05, 0) is 37.0 Å². The second-order valence-corrected chi connectivity index (χ2v) is 5.39. The van der Waals surface area contributed by atoms with Gasteiger partial charge in [0.2, 0.25) is 0 Å². The third-order valence-electron chi connectivity index (χ3n) is 2.91. The summed E-state index contributed by atoms with van der Waals surface area (Å²) in [5.74, 6) is 0. The molecule has 0 bridgehead atoms. The van der Waals surface area contributed by atoms with E-state index in [0.29, 0.717) is 11.3 Å². The van der Waals surface area contributed by atoms with Crippen LogP contribution in [0.25, 0.3) is 0 Å². The van der Waals surface area contributed by atoms with E-state index in [9.17, 15) is 8.76 Å². The van der Waals surface area contributed by atoms with Crippen molar-refractivity contribution in [1.82, 2.24) is 0 Å². The van der Waals surface area contributed by atoms with Crippen LogP contribution in [0.5, 0.6) is 0 Å². The lowest BCUT2D eigenvalue weighted by Crippen LogP contribution is -2.01. The summed E-state index contributed by atoms with van der Waals surface area (Å²) in [6.45, 7) is 3.89. The maximum Gasteiger partial charge on any atom is 0.187 e. The standard InChI is InChI=1S/C15H16O2S/c1-11-8-12(2)15(18(16)17)14(9-11)10-13-6-4-3-5-7-13/h3-9H,10H2,1-2H3,(H,16,17). The molecule has 2 nitrogen and oxygen atoms in total. The van der Waals surface area contributed by atoms with Crippen molar-refractivity contribution in [1.29, 1.82) is 0 Å². The maximum absolute atomic E-state index is 11.5. The topological polar surface area (TPSA) is 37.3 Å². The summed E-state index contributed by atoms with van der Waals surface area (Å²) in [6, 6.07) is 13.9. The molecular formula is C15H16O2S. The summed E-state index contributed by atoms with van der Waals surface area (Å²) in [5, 5.41) is 0. The van der Waals surface area contributed by atoms with Gasteiger partial charge >= 0.3 is 0 Å². The normalized spacial score (nSPS) is 12.4. The highest BCUT2D eigenvalue weighted by Crippen LogP contribution is 2.22. The molecule has 0 aliphatic carbocycles. The quantitative estimate of drug-likeness (QED) is 0.858. The third kappa shape index (κ3) is 2.86. The molecule has 18 heavy (non-hydrogen) atoms. The number of rotatable bonds is 3. The SMILES string of the molecule is Cc1cc(C)c(S(=O)O)c(Cc2ccccc2)c1. The van der Waals surface area contributed by atoms with Gasteiger partial charge in [-0.2, -0.15) is 0 Å². The summed E-state index contributed by atoms with van der Waals surface area (Å²) in [6.07, 6.45) is 0.686. The van der Waals surface area contributed by atoms with E-state index in [2.05, 4.69) is 0 Å². The number of hydrogen-bond donors (Lipinski definition) is 1. The molecule has 0 saturated heterocycles. The molecule has 0 aliphatic heterocycles. The maximum atomic E-state index is 11.5. The molecule has 0 fully saturated rings. The van der Waals surface area contributed by atoms with Crippen molar-refractivity contribution in [2.75, 3.05) is 0 Å². The van der Waals surface area contributed by atoms with Crippen LogP contribution in [0.2, 0.25) is 0 Å². The minimum absolute atomic E-state index is 0.546. The van der Waals surface area contributed by atoms with Crippen molar-refractivity contribution in [3.05, 3.63) is 64.7 Å². The predicted octanol–water partition coefficient (Wildman–Crippen LogP) is 3.47. The first-order valence-corrected chi connectivity index (χ1v) is 6.93. The Bertz CT molecular complexity index is 577. The molecule has 0 amide bonds. The van der Waals surface area contributed by atoms with Crippen LogP contribution < -0.4 is 0 Å². The molecule has 94 valence electrons. The van der Waals surface area contributed by atoms with Gasteiger partial charge in [-0.3, -0.25) is 0 Å². The average Bonchev–Trinajstić information content (AvgIpc) is 2.28. The molecule has 0 heterocycles. The van der Waals surface area contributed by atoms with Crippen LogP contribution in [-0.4, -0.2) is 8.76 Å². The Labute approximate surface area is 110 Å². The van der Waals surface area contributed by atoms with Gasteiger partial charge in [-0.25, -0.2) is 4.21 Å². The van der Waals surface area contributed by atoms with Crippen LogP contribution in [0.15, 0.2) is 47.4 Å². The molecule has 0 spiro atoms. The lowest BCUT2D eigenvalue weighted by molar-refractivity contribution is 0.562. The van der Waals surface area contributed by atoms with Crippen molar-refractivity contribution in [2.24, 2.45) is 0 Å². The van der Waals surface area contributed by atoms with Gasteiger partial charge in [0.1, 0.15) is 0 Å². The van der Waals surface area contributed by atoms with Crippen LogP contribution in [0.3, 0.4) is 0 Å². The molecule has 0 saturated carbocycles. The van der Waals surface area contributed by atoms with Gasteiger partial charge in [0.25, 0.3) is 0 Å². The lowest BCUT2D eigenvalue weighted by Gasteiger charge is -2.11. The van der Waals surface area contributed by atoms with E-state index in [1.165, 1.54) is 0 Å². The third-order valence-corrected chi connectivity index (χ3v) is 3.84. The van der Waals surface area contributed by atoms with E-state index >= 15 is 0 Å². The highest BCUT2D eigenvalue weighted by atomic mass is 32.2. The Morgan fingerprint density at radius 2 is 1.78 bits per heavy atom. The molecule has 3 heteroatoms. The van der Waals surface area contributed by atoms with Crippen LogP contribution in [0.1, 0.15) is 22.3 Å². The molecule has 2 aromatic carbocycles. The minimum Gasteiger partial charge on any atom is -0.302 e. The van der Waals surface area contributed by atoms with Gasteiger partial charge in [0.05, 0.1) is 4.90 Å². The van der Waals surface area contributed by atoms with Gasteiger partial charge in [0, 0.05) is 0 Å². The summed E-state index contributed by atoms with van der Waals surface area (Å²) < 4.78 is 20.9. The Balaban J connectivity index is 2.46. The van der Waals surface area contributed by atoms with Crippen LogP contribution in [0, 0.1) is 13.8 Å². The summed E-state index contributed by atoms with van der Waals surface area (Å²) in [7, 11) is 0. The fraction of sp³-hybridized carbons (Fsp3) is 0.200. The molecule has 0 aliphatic rings. The monoisotopic (exact) mass is 260 g/mol. The molecule has 0 radical (unpaired) electrons. The van der Waals surface area contributed by atoms with Crippen molar-refractivity contribution in [3.8, 4) is 0 Å². The van der Waals surface area contributed by atoms with E-state index < -0.39 is 11.1 Å².